The summed E-state index contributed by atoms with van der Waals surface area (Å²) in [6.07, 6.45) is 3.48. The molecular formula is C16H30N2O2. The molecule has 1 fully saturated rings. The van der Waals surface area contributed by atoms with E-state index in [2.05, 4.69) is 32.7 Å². The Kier molecular flexibility index (Phi) is 4.90. The highest BCUT2D eigenvalue weighted by molar-refractivity contribution is 5.68. The van der Waals surface area contributed by atoms with Gasteiger partial charge in [-0.25, -0.2) is 4.79 Å². The average molecular weight is 282 g/mol. The summed E-state index contributed by atoms with van der Waals surface area (Å²) in [5.41, 5.74) is -0.526. The lowest BCUT2D eigenvalue weighted by Gasteiger charge is -2.37. The lowest BCUT2D eigenvalue weighted by atomic mass is 9.90. The van der Waals surface area contributed by atoms with Gasteiger partial charge in [-0.3, -0.25) is 0 Å². The third kappa shape index (κ3) is 5.16. The highest BCUT2D eigenvalue weighted by atomic mass is 16.6. The van der Waals surface area contributed by atoms with E-state index in [1.54, 1.807) is 4.90 Å². The fourth-order valence-corrected chi connectivity index (χ4v) is 2.75. The maximum Gasteiger partial charge on any atom is 0.410 e. The molecule has 0 aromatic heterocycles. The van der Waals surface area contributed by atoms with Crippen LogP contribution in [0.15, 0.2) is 12.7 Å². The van der Waals surface area contributed by atoms with Gasteiger partial charge in [0.1, 0.15) is 5.60 Å². The SMILES string of the molecule is C=CC[C@@]1(NC(C)(C)C)CCN(C(=O)OC(C)(C)C)C1. The number of carbonyl (C=O) groups is 1. The Bertz CT molecular complexity index is 366. The van der Waals surface area contributed by atoms with Crippen molar-refractivity contribution >= 4 is 6.09 Å². The van der Waals surface area contributed by atoms with Crippen LogP contribution in [-0.4, -0.2) is 40.8 Å². The molecule has 1 amide bonds. The average Bonchev–Trinajstić information content (AvgIpc) is 2.57. The molecule has 0 aromatic carbocycles. The van der Waals surface area contributed by atoms with Crippen molar-refractivity contribution in [1.29, 1.82) is 0 Å². The highest BCUT2D eigenvalue weighted by Crippen LogP contribution is 2.29. The number of hydrogen-bond donors (Lipinski definition) is 1. The van der Waals surface area contributed by atoms with Crippen molar-refractivity contribution in [2.75, 3.05) is 13.1 Å². The van der Waals surface area contributed by atoms with Crippen molar-refractivity contribution < 1.29 is 9.53 Å². The molecule has 4 heteroatoms. The minimum absolute atomic E-state index is 0.00690. The molecule has 0 radical (unpaired) electrons. The second-order valence-corrected chi connectivity index (χ2v) is 7.80. The highest BCUT2D eigenvalue weighted by Gasteiger charge is 2.42. The van der Waals surface area contributed by atoms with Crippen molar-refractivity contribution in [2.24, 2.45) is 0 Å². The molecule has 1 saturated heterocycles. The standard InChI is InChI=1S/C16H30N2O2/c1-8-9-16(17-14(2,3)4)10-11-18(12-16)13(19)20-15(5,6)7/h8,17H,1,9-12H2,2-7H3/t16-/m1/s1. The first-order valence-corrected chi connectivity index (χ1v) is 7.35. The molecule has 0 aliphatic carbocycles. The molecule has 0 bridgehead atoms. The van der Waals surface area contributed by atoms with Crippen LogP contribution in [0, 0.1) is 0 Å². The maximum atomic E-state index is 12.2. The van der Waals surface area contributed by atoms with Gasteiger partial charge in [0.2, 0.25) is 0 Å². The molecule has 116 valence electrons. The molecule has 0 unspecified atom stereocenters. The van der Waals surface area contributed by atoms with Gasteiger partial charge in [-0.05, 0) is 54.4 Å². The predicted molar refractivity (Wildman–Crippen MR) is 82.9 cm³/mol. The molecule has 4 nitrogen and oxygen atoms in total. The lowest BCUT2D eigenvalue weighted by Crippen LogP contribution is -2.55. The number of likely N-dealkylation sites (tertiary alicyclic amines) is 1. The summed E-state index contributed by atoms with van der Waals surface area (Å²) >= 11 is 0. The Morgan fingerprint density at radius 1 is 1.35 bits per heavy atom. The molecule has 1 N–H and O–H groups in total. The van der Waals surface area contributed by atoms with Crippen molar-refractivity contribution in [3.63, 3.8) is 0 Å². The zero-order chi connectivity index (χ0) is 15.6. The van der Waals surface area contributed by atoms with Gasteiger partial charge in [0.25, 0.3) is 0 Å². The molecular weight excluding hydrogens is 252 g/mol. The van der Waals surface area contributed by atoms with Crippen LogP contribution in [0.5, 0.6) is 0 Å². The summed E-state index contributed by atoms with van der Waals surface area (Å²) in [5, 5.41) is 3.66. The summed E-state index contributed by atoms with van der Waals surface area (Å²) in [5.74, 6) is 0. The van der Waals surface area contributed by atoms with Gasteiger partial charge in [0, 0.05) is 24.2 Å². The van der Waals surface area contributed by atoms with Crippen LogP contribution < -0.4 is 5.32 Å². The van der Waals surface area contributed by atoms with Gasteiger partial charge in [-0.15, -0.1) is 6.58 Å². The molecule has 1 rings (SSSR count). The monoisotopic (exact) mass is 282 g/mol. The molecule has 0 aromatic rings. The Labute approximate surface area is 123 Å². The minimum Gasteiger partial charge on any atom is -0.444 e. The van der Waals surface area contributed by atoms with Gasteiger partial charge in [-0.2, -0.15) is 0 Å². The summed E-state index contributed by atoms with van der Waals surface area (Å²) in [7, 11) is 0. The first-order chi connectivity index (χ1) is 8.96. The summed E-state index contributed by atoms with van der Waals surface area (Å²) in [6, 6.07) is 0. The number of hydrogen-bond acceptors (Lipinski definition) is 3. The topological polar surface area (TPSA) is 41.6 Å². The van der Waals surface area contributed by atoms with Crippen LogP contribution in [-0.2, 0) is 4.74 Å². The number of rotatable bonds is 3. The maximum absolute atomic E-state index is 12.2. The third-order valence-electron chi connectivity index (χ3n) is 3.18. The Hall–Kier alpha value is -1.03. The van der Waals surface area contributed by atoms with Crippen LogP contribution in [0.1, 0.15) is 54.4 Å². The van der Waals surface area contributed by atoms with E-state index in [4.69, 9.17) is 4.74 Å². The lowest BCUT2D eigenvalue weighted by molar-refractivity contribution is 0.0276. The molecule has 1 atom stereocenters. The largest absolute Gasteiger partial charge is 0.444 e. The molecule has 0 saturated carbocycles. The fraction of sp³-hybridized carbons (Fsp3) is 0.812. The number of carbonyl (C=O) groups excluding carboxylic acids is 1. The third-order valence-corrected chi connectivity index (χ3v) is 3.18. The van der Waals surface area contributed by atoms with Crippen molar-refractivity contribution in [2.45, 2.75) is 71.1 Å². The van der Waals surface area contributed by atoms with Gasteiger partial charge >= 0.3 is 6.09 Å². The van der Waals surface area contributed by atoms with Crippen molar-refractivity contribution in [3.8, 4) is 0 Å². The van der Waals surface area contributed by atoms with Crippen LogP contribution in [0.4, 0.5) is 4.79 Å². The molecule has 1 heterocycles. The van der Waals surface area contributed by atoms with E-state index in [1.807, 2.05) is 26.8 Å². The second kappa shape index (κ2) is 5.76. The molecule has 20 heavy (non-hydrogen) atoms. The van der Waals surface area contributed by atoms with Gasteiger partial charge in [0.05, 0.1) is 0 Å². The van der Waals surface area contributed by atoms with Gasteiger partial charge < -0.3 is 15.0 Å². The summed E-state index contributed by atoms with van der Waals surface area (Å²) in [6.45, 7) is 17.4. The number of nitrogens with one attached hydrogen (secondary N) is 1. The normalized spacial score (nSPS) is 23.8. The van der Waals surface area contributed by atoms with Crippen LogP contribution >= 0.6 is 0 Å². The zero-order valence-electron chi connectivity index (χ0n) is 13.9. The zero-order valence-corrected chi connectivity index (χ0v) is 13.9. The van der Waals surface area contributed by atoms with Crippen molar-refractivity contribution in [3.05, 3.63) is 12.7 Å². The number of nitrogens with zero attached hydrogens (tertiary/aromatic N) is 1. The Morgan fingerprint density at radius 2 is 1.95 bits per heavy atom. The van der Waals surface area contributed by atoms with E-state index < -0.39 is 5.60 Å². The van der Waals surface area contributed by atoms with Crippen molar-refractivity contribution in [1.82, 2.24) is 10.2 Å². The predicted octanol–water partition coefficient (Wildman–Crippen LogP) is 3.33. The number of amides is 1. The van der Waals surface area contributed by atoms with Crippen LogP contribution in [0.3, 0.4) is 0 Å². The van der Waals surface area contributed by atoms with E-state index >= 15 is 0 Å². The quantitative estimate of drug-likeness (QED) is 0.807. The molecule has 1 aliphatic heterocycles. The minimum atomic E-state index is -0.446. The first-order valence-electron chi connectivity index (χ1n) is 7.35. The fourth-order valence-electron chi connectivity index (χ4n) is 2.75. The Balaban J connectivity index is 2.74. The summed E-state index contributed by atoms with van der Waals surface area (Å²) in [4.78, 5) is 14.0. The van der Waals surface area contributed by atoms with E-state index in [0.717, 1.165) is 19.4 Å². The molecule has 0 spiro atoms. The Morgan fingerprint density at radius 3 is 2.40 bits per heavy atom. The van der Waals surface area contributed by atoms with Crippen LogP contribution in [0.2, 0.25) is 0 Å². The smallest absolute Gasteiger partial charge is 0.410 e. The number of ether oxygens (including phenoxy) is 1. The van der Waals surface area contributed by atoms with E-state index in [-0.39, 0.29) is 17.2 Å². The van der Waals surface area contributed by atoms with Gasteiger partial charge in [0.15, 0.2) is 0 Å². The van der Waals surface area contributed by atoms with E-state index in [1.165, 1.54) is 0 Å². The molecule has 1 aliphatic rings. The van der Waals surface area contributed by atoms with E-state index in [9.17, 15) is 4.79 Å². The van der Waals surface area contributed by atoms with Crippen LogP contribution in [0.25, 0.3) is 0 Å². The summed E-state index contributed by atoms with van der Waals surface area (Å²) < 4.78 is 5.46. The van der Waals surface area contributed by atoms with E-state index in [0.29, 0.717) is 6.54 Å². The second-order valence-electron chi connectivity index (χ2n) is 7.80. The van der Waals surface area contributed by atoms with Gasteiger partial charge in [-0.1, -0.05) is 6.08 Å². The first kappa shape index (κ1) is 17.0.